The molecule has 0 saturated carbocycles. The van der Waals surface area contributed by atoms with Crippen LogP contribution < -0.4 is 10.0 Å². The van der Waals surface area contributed by atoms with Crippen molar-refractivity contribution in [1.82, 2.24) is 10.0 Å². The maximum atomic E-state index is 12.5. The van der Waals surface area contributed by atoms with Gasteiger partial charge in [0.1, 0.15) is 12.5 Å². The van der Waals surface area contributed by atoms with Gasteiger partial charge in [-0.1, -0.05) is 6.07 Å². The smallest absolute Gasteiger partial charge is 0.308 e. The van der Waals surface area contributed by atoms with Crippen molar-refractivity contribution < 1.29 is 27.9 Å². The molecule has 3 rings (SSSR count). The van der Waals surface area contributed by atoms with Crippen LogP contribution in [0.3, 0.4) is 0 Å². The third-order valence-corrected chi connectivity index (χ3v) is 6.86. The van der Waals surface area contributed by atoms with Crippen LogP contribution in [-0.2, 0) is 30.1 Å². The summed E-state index contributed by atoms with van der Waals surface area (Å²) in [7, 11) is -3.63. The maximum Gasteiger partial charge on any atom is 0.308 e. The Kier molecular flexibility index (Phi) is 6.78. The van der Waals surface area contributed by atoms with Crippen molar-refractivity contribution >= 4 is 43.7 Å². The SMILES string of the molecule is O=CCCC(C(=O)O)C1CO[C@@H](NS(=O)(=O)Cc2ccc3sccc3c2)CN1. The Labute approximate surface area is 166 Å². The molecule has 0 aliphatic carbocycles. The molecule has 1 fully saturated rings. The van der Waals surface area contributed by atoms with E-state index in [0.717, 1.165) is 10.1 Å². The minimum atomic E-state index is -3.63. The number of hydrogen-bond acceptors (Lipinski definition) is 7. The molecule has 28 heavy (non-hydrogen) atoms. The number of rotatable bonds is 9. The zero-order valence-corrected chi connectivity index (χ0v) is 16.7. The zero-order valence-electron chi connectivity index (χ0n) is 15.0. The standard InChI is InChI=1S/C18H22N2O6S2/c21-6-1-2-14(18(22)23)15-10-26-17(9-19-15)20-28(24,25)11-12-3-4-16-13(8-12)5-7-27-16/h3-8,14-15,17,19-20H,1-2,9-11H2,(H,22,23)/t14?,15?,17-/m1/s1. The number of carboxylic acids is 1. The number of benzene rings is 1. The number of hydrogen-bond donors (Lipinski definition) is 3. The van der Waals surface area contributed by atoms with E-state index in [9.17, 15) is 23.1 Å². The van der Waals surface area contributed by atoms with Gasteiger partial charge in [0.05, 0.1) is 18.3 Å². The van der Waals surface area contributed by atoms with E-state index in [1.54, 1.807) is 17.4 Å². The second-order valence-corrected chi connectivity index (χ2v) is 9.40. The van der Waals surface area contributed by atoms with Crippen molar-refractivity contribution in [2.45, 2.75) is 30.9 Å². The summed E-state index contributed by atoms with van der Waals surface area (Å²) in [6.45, 7) is 0.197. The van der Waals surface area contributed by atoms with Crippen LogP contribution in [0.4, 0.5) is 0 Å². The summed E-state index contributed by atoms with van der Waals surface area (Å²) in [5.41, 5.74) is 0.680. The maximum absolute atomic E-state index is 12.5. The highest BCUT2D eigenvalue weighted by molar-refractivity contribution is 7.88. The van der Waals surface area contributed by atoms with Gasteiger partial charge in [-0.15, -0.1) is 11.3 Å². The first-order chi connectivity index (χ1) is 13.4. The van der Waals surface area contributed by atoms with Gasteiger partial charge in [0.15, 0.2) is 0 Å². The van der Waals surface area contributed by atoms with Gasteiger partial charge in [-0.25, -0.2) is 8.42 Å². The van der Waals surface area contributed by atoms with Gasteiger partial charge in [0.2, 0.25) is 10.0 Å². The van der Waals surface area contributed by atoms with Gasteiger partial charge >= 0.3 is 5.97 Å². The molecule has 2 heterocycles. The van der Waals surface area contributed by atoms with Crippen LogP contribution in [0.15, 0.2) is 29.6 Å². The molecular weight excluding hydrogens is 404 g/mol. The van der Waals surface area contributed by atoms with Crippen LogP contribution in [0.1, 0.15) is 18.4 Å². The number of carbonyl (C=O) groups excluding carboxylic acids is 1. The van der Waals surface area contributed by atoms with Gasteiger partial charge in [0, 0.05) is 23.7 Å². The summed E-state index contributed by atoms with van der Waals surface area (Å²) >= 11 is 1.60. The van der Waals surface area contributed by atoms with Crippen LogP contribution >= 0.6 is 11.3 Å². The lowest BCUT2D eigenvalue weighted by atomic mass is 9.94. The summed E-state index contributed by atoms with van der Waals surface area (Å²) in [5, 5.41) is 15.3. The normalized spacial score (nSPS) is 21.4. The summed E-state index contributed by atoms with van der Waals surface area (Å²) in [5.74, 6) is -1.94. The Morgan fingerprint density at radius 1 is 1.43 bits per heavy atom. The number of aliphatic carboxylic acids is 1. The Bertz CT molecular complexity index is 934. The van der Waals surface area contributed by atoms with E-state index in [1.807, 2.05) is 23.6 Å². The molecule has 3 atom stereocenters. The van der Waals surface area contributed by atoms with Crippen LogP contribution in [-0.4, -0.2) is 51.2 Å². The molecule has 3 N–H and O–H groups in total. The summed E-state index contributed by atoms with van der Waals surface area (Å²) in [6.07, 6.45) is 0.275. The summed E-state index contributed by atoms with van der Waals surface area (Å²) in [6, 6.07) is 7.02. The Hall–Kier alpha value is -1.85. The first-order valence-electron chi connectivity index (χ1n) is 8.85. The van der Waals surface area contributed by atoms with Crippen LogP contribution in [0.5, 0.6) is 0 Å². The predicted molar refractivity (Wildman–Crippen MR) is 106 cm³/mol. The lowest BCUT2D eigenvalue weighted by Gasteiger charge is -2.33. The zero-order chi connectivity index (χ0) is 20.1. The molecule has 8 nitrogen and oxygen atoms in total. The average Bonchev–Trinajstić information content (AvgIpc) is 3.10. The first kappa shape index (κ1) is 20.9. The fourth-order valence-electron chi connectivity index (χ4n) is 3.24. The Morgan fingerprint density at radius 3 is 2.93 bits per heavy atom. The van der Waals surface area contributed by atoms with Gasteiger partial charge in [-0.05, 0) is 40.9 Å². The number of ether oxygens (including phenoxy) is 1. The second kappa shape index (κ2) is 9.10. The number of aldehydes is 1. The van der Waals surface area contributed by atoms with E-state index in [0.29, 0.717) is 11.8 Å². The van der Waals surface area contributed by atoms with Gasteiger partial charge in [-0.2, -0.15) is 4.72 Å². The molecule has 152 valence electrons. The molecule has 1 aromatic heterocycles. The number of carbonyl (C=O) groups is 2. The van der Waals surface area contributed by atoms with Crippen molar-refractivity contribution in [1.29, 1.82) is 0 Å². The number of morpholine rings is 1. The van der Waals surface area contributed by atoms with Gasteiger partial charge in [-0.3, -0.25) is 4.79 Å². The second-order valence-electron chi connectivity index (χ2n) is 6.70. The van der Waals surface area contributed by atoms with Crippen molar-refractivity contribution in [3.8, 4) is 0 Å². The number of nitrogens with one attached hydrogen (secondary N) is 2. The molecule has 0 bridgehead atoms. The number of fused-ring (bicyclic) bond motifs is 1. The van der Waals surface area contributed by atoms with E-state index < -0.39 is 34.2 Å². The van der Waals surface area contributed by atoms with E-state index in [1.165, 1.54) is 0 Å². The molecular formula is C18H22N2O6S2. The molecule has 1 aromatic carbocycles. The minimum absolute atomic E-state index is 0.0455. The highest BCUT2D eigenvalue weighted by Crippen LogP contribution is 2.22. The van der Waals surface area contributed by atoms with Gasteiger partial charge in [0.25, 0.3) is 0 Å². The number of sulfonamides is 1. The van der Waals surface area contributed by atoms with E-state index in [2.05, 4.69) is 10.0 Å². The molecule has 0 amide bonds. The van der Waals surface area contributed by atoms with Crippen LogP contribution in [0.25, 0.3) is 10.1 Å². The van der Waals surface area contributed by atoms with Crippen molar-refractivity contribution in [2.24, 2.45) is 5.92 Å². The lowest BCUT2D eigenvalue weighted by molar-refractivity contribution is -0.145. The molecule has 0 spiro atoms. The van der Waals surface area contributed by atoms with E-state index in [4.69, 9.17) is 4.74 Å². The molecule has 10 heteroatoms. The van der Waals surface area contributed by atoms with Crippen molar-refractivity contribution in [3.63, 3.8) is 0 Å². The van der Waals surface area contributed by atoms with Crippen molar-refractivity contribution in [2.75, 3.05) is 13.2 Å². The molecule has 0 radical (unpaired) electrons. The van der Waals surface area contributed by atoms with Gasteiger partial charge < -0.3 is 20.0 Å². The first-order valence-corrected chi connectivity index (χ1v) is 11.4. The van der Waals surface area contributed by atoms with Crippen LogP contribution in [0.2, 0.25) is 0 Å². The van der Waals surface area contributed by atoms with Crippen molar-refractivity contribution in [3.05, 3.63) is 35.2 Å². The predicted octanol–water partition coefficient (Wildman–Crippen LogP) is 1.32. The van der Waals surface area contributed by atoms with E-state index >= 15 is 0 Å². The molecule has 2 aromatic rings. The Balaban J connectivity index is 1.55. The third kappa shape index (κ3) is 5.36. The molecule has 1 saturated heterocycles. The number of carboxylic acid groups (broad SMARTS) is 1. The molecule has 1 aliphatic rings. The summed E-state index contributed by atoms with van der Waals surface area (Å²) in [4.78, 5) is 21.9. The monoisotopic (exact) mass is 426 g/mol. The van der Waals surface area contributed by atoms with Crippen LogP contribution in [0, 0.1) is 5.92 Å². The molecule has 1 aliphatic heterocycles. The molecule has 2 unspecified atom stereocenters. The highest BCUT2D eigenvalue weighted by atomic mass is 32.2. The quantitative estimate of drug-likeness (QED) is 0.517. The lowest BCUT2D eigenvalue weighted by Crippen LogP contribution is -2.56. The minimum Gasteiger partial charge on any atom is -0.481 e. The topological polar surface area (TPSA) is 122 Å². The summed E-state index contributed by atoms with van der Waals surface area (Å²) < 4.78 is 34.1. The third-order valence-electron chi connectivity index (χ3n) is 4.63. The fourth-order valence-corrected chi connectivity index (χ4v) is 5.27. The highest BCUT2D eigenvalue weighted by Gasteiger charge is 2.33. The Morgan fingerprint density at radius 2 is 2.25 bits per heavy atom. The number of thiophene rings is 1. The fraction of sp³-hybridized carbons (Fsp3) is 0.444. The largest absolute Gasteiger partial charge is 0.481 e. The average molecular weight is 427 g/mol. The van der Waals surface area contributed by atoms with E-state index in [-0.39, 0.29) is 31.7 Å².